The van der Waals surface area contributed by atoms with Crippen LogP contribution in [0.15, 0.2) is 23.4 Å². The molecule has 0 bridgehead atoms. The summed E-state index contributed by atoms with van der Waals surface area (Å²) in [5.41, 5.74) is 0.285. The van der Waals surface area contributed by atoms with Gasteiger partial charge in [-0.3, -0.25) is 24.5 Å². The number of aromatic hydroxyl groups is 1. The molecule has 0 spiro atoms. The van der Waals surface area contributed by atoms with Gasteiger partial charge >= 0.3 is 11.7 Å². The zero-order valence-corrected chi connectivity index (χ0v) is 16.1. The van der Waals surface area contributed by atoms with Gasteiger partial charge in [0, 0.05) is 29.7 Å². The number of hydrogen-bond acceptors (Lipinski definition) is 8. The summed E-state index contributed by atoms with van der Waals surface area (Å²) in [6.45, 7) is 1.72. The normalized spacial score (nSPS) is 23.9. The third kappa shape index (κ3) is 3.41. The molecule has 1 aliphatic heterocycles. The standard InChI is InChI=1S/C19H20N2O8/c1-8-4-11-16(18(24)15(8)19(25)29-3)10(7-14(22)20-11)9-5-12(21(26)27)17(23)13(6-9)28-2/h5-6,8,10,15,23H,4,7H2,1-3H3,(H,20,22)/t8-,10-,15+/m1/s1. The predicted molar refractivity (Wildman–Crippen MR) is 98.1 cm³/mol. The Kier molecular flexibility index (Phi) is 5.27. The lowest BCUT2D eigenvalue weighted by Crippen LogP contribution is -2.44. The van der Waals surface area contributed by atoms with Gasteiger partial charge in [-0.2, -0.15) is 0 Å². The van der Waals surface area contributed by atoms with E-state index in [9.17, 15) is 29.6 Å². The van der Waals surface area contributed by atoms with Crippen molar-refractivity contribution in [2.45, 2.75) is 25.7 Å². The van der Waals surface area contributed by atoms with Gasteiger partial charge in [-0.1, -0.05) is 6.92 Å². The zero-order chi connectivity index (χ0) is 21.5. The number of esters is 1. The molecule has 3 rings (SSSR count). The van der Waals surface area contributed by atoms with Gasteiger partial charge in [0.1, 0.15) is 5.92 Å². The molecule has 0 unspecified atom stereocenters. The highest BCUT2D eigenvalue weighted by molar-refractivity contribution is 6.11. The van der Waals surface area contributed by atoms with Gasteiger partial charge in [0.15, 0.2) is 11.5 Å². The van der Waals surface area contributed by atoms with Gasteiger partial charge in [0.2, 0.25) is 11.7 Å². The van der Waals surface area contributed by atoms with E-state index in [1.807, 2.05) is 0 Å². The summed E-state index contributed by atoms with van der Waals surface area (Å²) in [4.78, 5) is 48.2. The van der Waals surface area contributed by atoms with Crippen molar-refractivity contribution < 1.29 is 33.9 Å². The Morgan fingerprint density at radius 3 is 2.55 bits per heavy atom. The number of nitrogens with zero attached hydrogens (tertiary/aromatic N) is 1. The molecule has 2 aliphatic rings. The van der Waals surface area contributed by atoms with Crippen LogP contribution in [0.2, 0.25) is 0 Å². The van der Waals surface area contributed by atoms with Crippen molar-refractivity contribution in [3.05, 3.63) is 39.1 Å². The smallest absolute Gasteiger partial charge is 0.316 e. The monoisotopic (exact) mass is 404 g/mol. The van der Waals surface area contributed by atoms with Gasteiger partial charge in [-0.05, 0) is 24.0 Å². The Balaban J connectivity index is 2.17. The Morgan fingerprint density at radius 1 is 1.28 bits per heavy atom. The Labute approximate surface area is 165 Å². The maximum atomic E-state index is 13.2. The first-order valence-electron chi connectivity index (χ1n) is 8.89. The number of carbonyl (C=O) groups excluding carboxylic acids is 3. The first-order chi connectivity index (χ1) is 13.7. The summed E-state index contributed by atoms with van der Waals surface area (Å²) in [5.74, 6) is -4.51. The van der Waals surface area contributed by atoms with Crippen LogP contribution in [0.3, 0.4) is 0 Å². The summed E-state index contributed by atoms with van der Waals surface area (Å²) >= 11 is 0. The SMILES string of the molecule is COC(=O)[C@@H]1C(=O)C2=C(C[C@H]1C)NC(=O)C[C@@H]2c1cc(OC)c(O)c([N+](=O)[O-])c1. The number of rotatable bonds is 4. The third-order valence-corrected chi connectivity index (χ3v) is 5.35. The van der Waals surface area contributed by atoms with Crippen LogP contribution in [0.1, 0.15) is 31.2 Å². The number of phenolic OH excluding ortho intramolecular Hbond substituents is 1. The molecule has 1 aromatic carbocycles. The molecular formula is C19H20N2O8. The number of phenols is 1. The van der Waals surface area contributed by atoms with Crippen molar-refractivity contribution in [2.24, 2.45) is 11.8 Å². The van der Waals surface area contributed by atoms with Gasteiger partial charge < -0.3 is 19.9 Å². The lowest BCUT2D eigenvalue weighted by Gasteiger charge is -2.36. The van der Waals surface area contributed by atoms with E-state index in [-0.39, 0.29) is 41.6 Å². The van der Waals surface area contributed by atoms with E-state index < -0.39 is 39.9 Å². The van der Waals surface area contributed by atoms with Crippen LogP contribution >= 0.6 is 0 Å². The van der Waals surface area contributed by atoms with Crippen molar-refractivity contribution in [3.63, 3.8) is 0 Å². The molecule has 1 aromatic rings. The van der Waals surface area contributed by atoms with Gasteiger partial charge in [0.05, 0.1) is 19.1 Å². The Morgan fingerprint density at radius 2 is 1.97 bits per heavy atom. The first kappa shape index (κ1) is 20.3. The molecule has 29 heavy (non-hydrogen) atoms. The molecule has 1 aliphatic carbocycles. The number of ketones is 1. The van der Waals surface area contributed by atoms with Crippen LogP contribution in [-0.4, -0.2) is 41.9 Å². The second kappa shape index (κ2) is 7.53. The predicted octanol–water partition coefficient (Wildman–Crippen LogP) is 1.56. The minimum atomic E-state index is -1.02. The molecule has 0 saturated heterocycles. The number of Topliss-reactive ketones (excluding diaryl/α,β-unsaturated/α-hetero) is 1. The van der Waals surface area contributed by atoms with E-state index in [2.05, 4.69) is 5.32 Å². The third-order valence-electron chi connectivity index (χ3n) is 5.35. The van der Waals surface area contributed by atoms with E-state index in [0.29, 0.717) is 5.70 Å². The van der Waals surface area contributed by atoms with Gasteiger partial charge in [-0.15, -0.1) is 0 Å². The summed E-state index contributed by atoms with van der Waals surface area (Å²) in [7, 11) is 2.43. The maximum absolute atomic E-state index is 13.2. The van der Waals surface area contributed by atoms with E-state index >= 15 is 0 Å². The minimum Gasteiger partial charge on any atom is -0.500 e. The lowest BCUT2D eigenvalue weighted by atomic mass is 9.70. The quantitative estimate of drug-likeness (QED) is 0.333. The molecule has 154 valence electrons. The lowest BCUT2D eigenvalue weighted by molar-refractivity contribution is -0.386. The van der Waals surface area contributed by atoms with Gasteiger partial charge in [0.25, 0.3) is 0 Å². The topological polar surface area (TPSA) is 145 Å². The molecule has 0 saturated carbocycles. The van der Waals surface area contributed by atoms with Crippen molar-refractivity contribution in [1.29, 1.82) is 0 Å². The number of allylic oxidation sites excluding steroid dienone is 2. The second-order valence-corrected chi connectivity index (χ2v) is 7.09. The van der Waals surface area contributed by atoms with Crippen LogP contribution in [0.5, 0.6) is 11.5 Å². The van der Waals surface area contributed by atoms with Crippen LogP contribution in [0, 0.1) is 22.0 Å². The fraction of sp³-hybridized carbons (Fsp3) is 0.421. The second-order valence-electron chi connectivity index (χ2n) is 7.09. The van der Waals surface area contributed by atoms with Crippen molar-refractivity contribution in [1.82, 2.24) is 5.32 Å². The van der Waals surface area contributed by atoms with E-state index in [1.165, 1.54) is 20.3 Å². The summed E-state index contributed by atoms with van der Waals surface area (Å²) in [5, 5.41) is 24.0. The highest BCUT2D eigenvalue weighted by Gasteiger charge is 2.46. The molecule has 10 heteroatoms. The highest BCUT2D eigenvalue weighted by Crippen LogP contribution is 2.46. The van der Waals surface area contributed by atoms with Crippen LogP contribution in [0.25, 0.3) is 0 Å². The molecular weight excluding hydrogens is 384 g/mol. The Bertz CT molecular complexity index is 952. The number of nitro benzene ring substituents is 1. The van der Waals surface area contributed by atoms with E-state index in [0.717, 1.165) is 6.07 Å². The zero-order valence-electron chi connectivity index (χ0n) is 16.1. The summed E-state index contributed by atoms with van der Waals surface area (Å²) < 4.78 is 9.78. The number of hydrogen-bond donors (Lipinski definition) is 2. The number of amides is 1. The Hall–Kier alpha value is -3.43. The number of ether oxygens (including phenoxy) is 2. The van der Waals surface area contributed by atoms with Gasteiger partial charge in [-0.25, -0.2) is 0 Å². The molecule has 10 nitrogen and oxygen atoms in total. The molecule has 0 aromatic heterocycles. The van der Waals surface area contributed by atoms with Crippen LogP contribution in [0.4, 0.5) is 5.69 Å². The largest absolute Gasteiger partial charge is 0.500 e. The number of carbonyl (C=O) groups is 3. The van der Waals surface area contributed by atoms with Crippen molar-refractivity contribution >= 4 is 23.3 Å². The minimum absolute atomic E-state index is 0.141. The number of nitro groups is 1. The highest BCUT2D eigenvalue weighted by atomic mass is 16.6. The molecule has 1 amide bonds. The van der Waals surface area contributed by atoms with E-state index in [1.54, 1.807) is 6.92 Å². The van der Waals surface area contributed by atoms with Crippen LogP contribution < -0.4 is 10.1 Å². The number of nitrogens with one attached hydrogen (secondary N) is 1. The maximum Gasteiger partial charge on any atom is 0.316 e. The molecule has 0 fully saturated rings. The first-order valence-corrected chi connectivity index (χ1v) is 8.89. The summed E-state index contributed by atoms with van der Waals surface area (Å²) in [6, 6.07) is 2.47. The fourth-order valence-corrected chi connectivity index (χ4v) is 3.99. The molecule has 0 radical (unpaired) electrons. The average molecular weight is 404 g/mol. The molecule has 3 atom stereocenters. The average Bonchev–Trinajstić information content (AvgIpc) is 2.66. The van der Waals surface area contributed by atoms with Crippen LogP contribution in [-0.2, 0) is 19.1 Å². The number of methoxy groups -OCH3 is 2. The van der Waals surface area contributed by atoms with E-state index in [4.69, 9.17) is 9.47 Å². The molecule has 2 N–H and O–H groups in total. The molecule has 1 heterocycles. The van der Waals surface area contributed by atoms with Crippen molar-refractivity contribution in [3.8, 4) is 11.5 Å². The summed E-state index contributed by atoms with van der Waals surface area (Å²) in [6.07, 6.45) is 0.137. The fourth-order valence-electron chi connectivity index (χ4n) is 3.99. The number of benzene rings is 1. The van der Waals surface area contributed by atoms with Crippen molar-refractivity contribution in [2.75, 3.05) is 14.2 Å².